The van der Waals surface area contributed by atoms with Gasteiger partial charge in [0, 0.05) is 45.7 Å². The van der Waals surface area contributed by atoms with Crippen LogP contribution in [0.3, 0.4) is 0 Å². The Morgan fingerprint density at radius 3 is 2.77 bits per heavy atom. The van der Waals surface area contributed by atoms with Gasteiger partial charge in [-0.05, 0) is 42.9 Å². The summed E-state index contributed by atoms with van der Waals surface area (Å²) >= 11 is 0. The van der Waals surface area contributed by atoms with E-state index < -0.39 is 0 Å². The highest BCUT2D eigenvalue weighted by Crippen LogP contribution is 2.04. The van der Waals surface area contributed by atoms with Crippen LogP contribution < -0.4 is 10.6 Å². The Hall–Kier alpha value is -1.62. The first-order valence-corrected chi connectivity index (χ1v) is 8.05. The van der Waals surface area contributed by atoms with Gasteiger partial charge in [0.25, 0.3) is 0 Å². The molecule has 5 nitrogen and oxygen atoms in total. The Balaban J connectivity index is 2.14. The number of nitrogens with one attached hydrogen (secondary N) is 2. The van der Waals surface area contributed by atoms with Gasteiger partial charge in [-0.2, -0.15) is 0 Å². The Kier molecular flexibility index (Phi) is 9.23. The smallest absolute Gasteiger partial charge is 0.190 e. The van der Waals surface area contributed by atoms with E-state index in [-0.39, 0.29) is 0 Å². The minimum Gasteiger partial charge on any atom is -0.381 e. The van der Waals surface area contributed by atoms with Gasteiger partial charge in [-0.3, -0.25) is 9.98 Å². The van der Waals surface area contributed by atoms with E-state index in [1.54, 1.807) is 7.05 Å². The van der Waals surface area contributed by atoms with Crippen LogP contribution in [0.5, 0.6) is 0 Å². The lowest BCUT2D eigenvalue weighted by atomic mass is 10.1. The van der Waals surface area contributed by atoms with E-state index in [1.165, 1.54) is 11.1 Å². The van der Waals surface area contributed by atoms with E-state index in [2.05, 4.69) is 47.4 Å². The molecule has 0 atom stereocenters. The molecule has 0 fully saturated rings. The summed E-state index contributed by atoms with van der Waals surface area (Å²) in [6.45, 7) is 9.76. The summed E-state index contributed by atoms with van der Waals surface area (Å²) in [5.74, 6) is 1.44. The van der Waals surface area contributed by atoms with Crippen molar-refractivity contribution in [3.63, 3.8) is 0 Å². The minimum atomic E-state index is 0.596. The Labute approximate surface area is 134 Å². The van der Waals surface area contributed by atoms with Crippen molar-refractivity contribution in [2.45, 2.75) is 33.6 Å². The predicted octanol–water partition coefficient (Wildman–Crippen LogP) is 2.16. The van der Waals surface area contributed by atoms with E-state index >= 15 is 0 Å². The molecule has 5 heteroatoms. The number of nitrogens with zero attached hydrogens (tertiary/aromatic N) is 2. The van der Waals surface area contributed by atoms with E-state index in [0.717, 1.165) is 45.1 Å². The molecule has 0 radical (unpaired) electrons. The van der Waals surface area contributed by atoms with Gasteiger partial charge in [0.2, 0.25) is 0 Å². The van der Waals surface area contributed by atoms with Crippen LogP contribution in [-0.2, 0) is 11.2 Å². The average Bonchev–Trinajstić information content (AvgIpc) is 2.50. The van der Waals surface area contributed by atoms with Gasteiger partial charge >= 0.3 is 0 Å². The summed E-state index contributed by atoms with van der Waals surface area (Å²) < 4.78 is 5.56. The summed E-state index contributed by atoms with van der Waals surface area (Å²) in [4.78, 5) is 8.34. The Morgan fingerprint density at radius 1 is 1.32 bits per heavy atom. The number of aryl methyl sites for hydroxylation is 1. The number of pyridine rings is 1. The highest BCUT2D eigenvalue weighted by molar-refractivity contribution is 5.79. The monoisotopic (exact) mass is 306 g/mol. The number of hydrogen-bond acceptors (Lipinski definition) is 3. The molecule has 22 heavy (non-hydrogen) atoms. The fraction of sp³-hybridized carbons (Fsp3) is 0.647. The second-order valence-electron chi connectivity index (χ2n) is 5.80. The van der Waals surface area contributed by atoms with Crippen molar-refractivity contribution >= 4 is 5.96 Å². The zero-order valence-corrected chi connectivity index (χ0v) is 14.4. The molecule has 1 rings (SSSR count). The van der Waals surface area contributed by atoms with Crippen molar-refractivity contribution < 1.29 is 4.74 Å². The van der Waals surface area contributed by atoms with Crippen molar-refractivity contribution in [2.75, 3.05) is 33.4 Å². The molecule has 0 aromatic carbocycles. The standard InChI is InChI=1S/C17H30N4O/c1-14(2)13-22-11-5-8-20-17(18-4)21-10-7-16-6-9-19-12-15(16)3/h6,9,12,14H,5,7-8,10-11,13H2,1-4H3,(H2,18,20,21). The quantitative estimate of drug-likeness (QED) is 0.417. The third-order valence-electron chi connectivity index (χ3n) is 3.26. The number of aliphatic imine (C=N–C) groups is 1. The SMILES string of the molecule is CN=C(NCCCOCC(C)C)NCCc1ccncc1C. The van der Waals surface area contributed by atoms with Crippen LogP contribution >= 0.6 is 0 Å². The molecule has 1 heterocycles. The topological polar surface area (TPSA) is 58.5 Å². The molecule has 1 aromatic rings. The molecule has 1 aromatic heterocycles. The highest BCUT2D eigenvalue weighted by Gasteiger charge is 2.00. The van der Waals surface area contributed by atoms with Crippen LogP contribution in [0.15, 0.2) is 23.5 Å². The third-order valence-corrected chi connectivity index (χ3v) is 3.26. The van der Waals surface area contributed by atoms with Gasteiger partial charge in [-0.25, -0.2) is 0 Å². The lowest BCUT2D eigenvalue weighted by Gasteiger charge is -2.13. The normalized spacial score (nSPS) is 11.8. The zero-order valence-electron chi connectivity index (χ0n) is 14.4. The van der Waals surface area contributed by atoms with Crippen LogP contribution in [0.2, 0.25) is 0 Å². The molecule has 0 spiro atoms. The van der Waals surface area contributed by atoms with Crippen LogP contribution in [0.1, 0.15) is 31.4 Å². The summed E-state index contributed by atoms with van der Waals surface area (Å²) in [5, 5.41) is 6.64. The highest BCUT2D eigenvalue weighted by atomic mass is 16.5. The van der Waals surface area contributed by atoms with Gasteiger partial charge in [-0.1, -0.05) is 13.8 Å². The molecule has 0 aliphatic rings. The molecular weight excluding hydrogens is 276 g/mol. The first kappa shape index (κ1) is 18.4. The van der Waals surface area contributed by atoms with Gasteiger partial charge < -0.3 is 15.4 Å². The zero-order chi connectivity index (χ0) is 16.2. The van der Waals surface area contributed by atoms with Gasteiger partial charge in [0.1, 0.15) is 0 Å². The van der Waals surface area contributed by atoms with Crippen molar-refractivity contribution in [2.24, 2.45) is 10.9 Å². The van der Waals surface area contributed by atoms with Crippen molar-refractivity contribution in [1.29, 1.82) is 0 Å². The van der Waals surface area contributed by atoms with Crippen LogP contribution in [-0.4, -0.2) is 44.3 Å². The van der Waals surface area contributed by atoms with Gasteiger partial charge in [-0.15, -0.1) is 0 Å². The maximum atomic E-state index is 5.56. The van der Waals surface area contributed by atoms with E-state index in [9.17, 15) is 0 Å². The molecule has 2 N–H and O–H groups in total. The third kappa shape index (κ3) is 7.98. The summed E-state index contributed by atoms with van der Waals surface area (Å²) in [7, 11) is 1.79. The first-order valence-electron chi connectivity index (χ1n) is 8.05. The Bertz CT molecular complexity index is 446. The molecule has 0 bridgehead atoms. The lowest BCUT2D eigenvalue weighted by molar-refractivity contribution is 0.108. The second-order valence-corrected chi connectivity index (χ2v) is 5.80. The van der Waals surface area contributed by atoms with Crippen molar-refractivity contribution in [1.82, 2.24) is 15.6 Å². The first-order chi connectivity index (χ1) is 10.6. The Morgan fingerprint density at radius 2 is 2.09 bits per heavy atom. The van der Waals surface area contributed by atoms with Crippen molar-refractivity contribution in [3.05, 3.63) is 29.6 Å². The summed E-state index contributed by atoms with van der Waals surface area (Å²) in [6, 6.07) is 2.07. The molecular formula is C17H30N4O. The molecule has 0 aliphatic heterocycles. The number of ether oxygens (including phenoxy) is 1. The maximum absolute atomic E-state index is 5.56. The van der Waals surface area contributed by atoms with E-state index in [1.807, 2.05) is 12.4 Å². The number of guanidine groups is 1. The number of aromatic nitrogens is 1. The maximum Gasteiger partial charge on any atom is 0.190 e. The van der Waals surface area contributed by atoms with Crippen molar-refractivity contribution in [3.8, 4) is 0 Å². The largest absolute Gasteiger partial charge is 0.381 e. The van der Waals surface area contributed by atoms with E-state index in [4.69, 9.17) is 4.74 Å². The van der Waals surface area contributed by atoms with E-state index in [0.29, 0.717) is 5.92 Å². The van der Waals surface area contributed by atoms with Crippen LogP contribution in [0.4, 0.5) is 0 Å². The second kappa shape index (κ2) is 11.0. The van der Waals surface area contributed by atoms with Gasteiger partial charge in [0.05, 0.1) is 0 Å². The fourth-order valence-corrected chi connectivity index (χ4v) is 2.02. The molecule has 0 saturated carbocycles. The molecule has 0 saturated heterocycles. The summed E-state index contributed by atoms with van der Waals surface area (Å²) in [6.07, 6.45) is 5.69. The average molecular weight is 306 g/mol. The molecule has 124 valence electrons. The predicted molar refractivity (Wildman–Crippen MR) is 92.3 cm³/mol. The van der Waals surface area contributed by atoms with Crippen LogP contribution in [0, 0.1) is 12.8 Å². The fourth-order valence-electron chi connectivity index (χ4n) is 2.02. The van der Waals surface area contributed by atoms with Crippen LogP contribution in [0.25, 0.3) is 0 Å². The summed E-state index contributed by atoms with van der Waals surface area (Å²) in [5.41, 5.74) is 2.55. The lowest BCUT2D eigenvalue weighted by Crippen LogP contribution is -2.39. The van der Waals surface area contributed by atoms with Gasteiger partial charge in [0.15, 0.2) is 5.96 Å². The number of rotatable bonds is 9. The molecule has 0 amide bonds. The minimum absolute atomic E-state index is 0.596. The molecule has 0 unspecified atom stereocenters. The number of hydrogen-bond donors (Lipinski definition) is 2. The molecule has 0 aliphatic carbocycles.